The third-order valence-corrected chi connectivity index (χ3v) is 3.78. The van der Waals surface area contributed by atoms with E-state index in [-0.39, 0.29) is 11.7 Å². The molecule has 0 saturated heterocycles. The molecule has 2 aromatic rings. The van der Waals surface area contributed by atoms with Crippen molar-refractivity contribution in [3.8, 4) is 5.75 Å². The van der Waals surface area contributed by atoms with E-state index < -0.39 is 0 Å². The van der Waals surface area contributed by atoms with Crippen LogP contribution in [0.3, 0.4) is 0 Å². The number of aromatic hydroxyl groups is 1. The topological polar surface area (TPSA) is 62.2 Å². The molecule has 0 aliphatic heterocycles. The van der Waals surface area contributed by atoms with Crippen LogP contribution in [0.4, 0.5) is 0 Å². The van der Waals surface area contributed by atoms with Crippen molar-refractivity contribution in [1.82, 2.24) is 10.3 Å². The van der Waals surface area contributed by atoms with Gasteiger partial charge in [0.2, 0.25) is 0 Å². The van der Waals surface area contributed by atoms with Crippen LogP contribution in [0.25, 0.3) is 0 Å². The van der Waals surface area contributed by atoms with Crippen LogP contribution in [0.2, 0.25) is 0 Å². The van der Waals surface area contributed by atoms with Crippen LogP contribution in [0.5, 0.6) is 5.75 Å². The van der Waals surface area contributed by atoms with Gasteiger partial charge in [0.15, 0.2) is 0 Å². The van der Waals surface area contributed by atoms with Crippen molar-refractivity contribution in [2.45, 2.75) is 6.54 Å². The van der Waals surface area contributed by atoms with E-state index in [4.69, 9.17) is 0 Å². The van der Waals surface area contributed by atoms with E-state index in [1.807, 2.05) is 28.0 Å². The molecule has 2 N–H and O–H groups in total. The third-order valence-electron chi connectivity index (χ3n) is 2.09. The lowest BCUT2D eigenvalue weighted by Gasteiger charge is -2.04. The smallest absolute Gasteiger partial charge is 0.251 e. The van der Waals surface area contributed by atoms with Crippen LogP contribution >= 0.6 is 33.9 Å². The first-order valence-electron chi connectivity index (χ1n) is 4.82. The van der Waals surface area contributed by atoms with Crippen molar-refractivity contribution in [3.05, 3.63) is 43.9 Å². The summed E-state index contributed by atoms with van der Waals surface area (Å²) >= 11 is 3.49. The van der Waals surface area contributed by atoms with Gasteiger partial charge in [-0.15, -0.1) is 11.3 Å². The first-order chi connectivity index (χ1) is 8.16. The van der Waals surface area contributed by atoms with Gasteiger partial charge in [-0.05, 0) is 40.8 Å². The van der Waals surface area contributed by atoms with E-state index >= 15 is 0 Å². The highest BCUT2D eigenvalue weighted by Gasteiger charge is 2.08. The Balaban J connectivity index is 2.02. The number of carbonyl (C=O) groups is 1. The molecule has 0 aliphatic carbocycles. The maximum atomic E-state index is 11.8. The average Bonchev–Trinajstić information content (AvgIpc) is 2.82. The Hall–Kier alpha value is -1.15. The number of phenols is 1. The number of amides is 1. The largest absolute Gasteiger partial charge is 0.507 e. The number of hydrogen-bond donors (Lipinski definition) is 2. The number of aromatic nitrogens is 1. The number of thiazole rings is 1. The zero-order valence-electron chi connectivity index (χ0n) is 8.68. The summed E-state index contributed by atoms with van der Waals surface area (Å²) in [6.07, 6.45) is 1.70. The molecule has 1 aromatic carbocycles. The summed E-state index contributed by atoms with van der Waals surface area (Å²) < 4.78 is 0.721. The number of rotatable bonds is 3. The summed E-state index contributed by atoms with van der Waals surface area (Å²) in [6, 6.07) is 4.84. The molecular formula is C11H9IN2O2S. The quantitative estimate of drug-likeness (QED) is 0.827. The highest BCUT2D eigenvalue weighted by molar-refractivity contribution is 14.1. The van der Waals surface area contributed by atoms with Crippen LogP contribution in [-0.2, 0) is 6.54 Å². The van der Waals surface area contributed by atoms with Gasteiger partial charge >= 0.3 is 0 Å². The van der Waals surface area contributed by atoms with E-state index in [9.17, 15) is 9.90 Å². The molecule has 1 amide bonds. The van der Waals surface area contributed by atoms with Crippen molar-refractivity contribution < 1.29 is 9.90 Å². The molecule has 6 heteroatoms. The second kappa shape index (κ2) is 5.46. The molecule has 17 heavy (non-hydrogen) atoms. The normalized spacial score (nSPS) is 10.2. The van der Waals surface area contributed by atoms with Crippen LogP contribution in [0.15, 0.2) is 29.8 Å². The molecule has 0 atom stereocenters. The molecule has 0 fully saturated rings. The van der Waals surface area contributed by atoms with Gasteiger partial charge in [0.25, 0.3) is 5.91 Å². The molecule has 1 aromatic heterocycles. The van der Waals surface area contributed by atoms with Crippen molar-refractivity contribution >= 4 is 39.8 Å². The summed E-state index contributed by atoms with van der Waals surface area (Å²) in [5.41, 5.74) is 0.444. The Kier molecular flexibility index (Phi) is 3.95. The highest BCUT2D eigenvalue weighted by atomic mass is 127. The second-order valence-electron chi connectivity index (χ2n) is 3.27. The van der Waals surface area contributed by atoms with E-state index in [2.05, 4.69) is 10.3 Å². The summed E-state index contributed by atoms with van der Waals surface area (Å²) in [7, 11) is 0. The van der Waals surface area contributed by atoms with Crippen LogP contribution < -0.4 is 5.32 Å². The molecule has 0 spiro atoms. The summed E-state index contributed by atoms with van der Waals surface area (Å²) in [4.78, 5) is 15.8. The van der Waals surface area contributed by atoms with Crippen molar-refractivity contribution in [2.75, 3.05) is 0 Å². The molecule has 0 saturated carbocycles. The second-order valence-corrected chi connectivity index (χ2v) is 5.42. The Morgan fingerprint density at radius 2 is 2.35 bits per heavy atom. The van der Waals surface area contributed by atoms with Gasteiger partial charge in [-0.2, -0.15) is 0 Å². The Morgan fingerprint density at radius 3 is 3.00 bits per heavy atom. The fourth-order valence-electron chi connectivity index (χ4n) is 1.25. The molecule has 0 radical (unpaired) electrons. The lowest BCUT2D eigenvalue weighted by Crippen LogP contribution is -2.22. The van der Waals surface area contributed by atoms with Crippen molar-refractivity contribution in [2.24, 2.45) is 0 Å². The van der Waals surface area contributed by atoms with E-state index in [0.717, 1.165) is 8.58 Å². The predicted octanol–water partition coefficient (Wildman–Crippen LogP) is 2.38. The number of nitrogens with zero attached hydrogens (tertiary/aromatic N) is 1. The maximum absolute atomic E-state index is 11.8. The molecule has 0 aliphatic rings. The van der Waals surface area contributed by atoms with Gasteiger partial charge in [0.05, 0.1) is 10.1 Å². The molecule has 2 rings (SSSR count). The molecule has 1 heterocycles. The van der Waals surface area contributed by atoms with Gasteiger partial charge in [-0.25, -0.2) is 4.98 Å². The number of carbonyl (C=O) groups excluding carboxylic acids is 1. The van der Waals surface area contributed by atoms with Gasteiger partial charge in [-0.1, -0.05) is 0 Å². The lowest BCUT2D eigenvalue weighted by atomic mass is 10.2. The molecular weight excluding hydrogens is 351 g/mol. The minimum absolute atomic E-state index is 0.118. The number of nitrogens with one attached hydrogen (secondary N) is 1. The van der Waals surface area contributed by atoms with Crippen LogP contribution in [0, 0.1) is 3.57 Å². The van der Waals surface area contributed by atoms with E-state index in [0.29, 0.717) is 12.1 Å². The molecule has 0 bridgehead atoms. The number of benzene rings is 1. The van der Waals surface area contributed by atoms with Gasteiger partial charge < -0.3 is 10.4 Å². The maximum Gasteiger partial charge on any atom is 0.251 e. The Labute approximate surface area is 116 Å². The minimum atomic E-state index is -0.216. The first kappa shape index (κ1) is 12.3. The van der Waals surface area contributed by atoms with Gasteiger partial charge in [0, 0.05) is 17.1 Å². The fraction of sp³-hybridized carbons (Fsp3) is 0.0909. The molecule has 88 valence electrons. The lowest BCUT2D eigenvalue weighted by molar-refractivity contribution is 0.0950. The van der Waals surface area contributed by atoms with E-state index in [1.54, 1.807) is 18.3 Å². The third kappa shape index (κ3) is 3.16. The molecule has 0 unspecified atom stereocenters. The zero-order valence-corrected chi connectivity index (χ0v) is 11.7. The summed E-state index contributed by atoms with van der Waals surface area (Å²) in [5.74, 6) is -0.0978. The zero-order chi connectivity index (χ0) is 12.3. The standard InChI is InChI=1S/C11H9IN2O2S/c12-8-2-1-7(5-9(8)15)11(16)14-6-10-13-3-4-17-10/h1-5,15H,6H2,(H,14,16). The Bertz CT molecular complexity index is 528. The monoisotopic (exact) mass is 360 g/mol. The van der Waals surface area contributed by atoms with E-state index in [1.165, 1.54) is 17.4 Å². The van der Waals surface area contributed by atoms with Crippen LogP contribution in [-0.4, -0.2) is 16.0 Å². The number of phenolic OH excluding ortho intramolecular Hbond substituents is 1. The fourth-order valence-corrected chi connectivity index (χ4v) is 2.14. The summed E-state index contributed by atoms with van der Waals surface area (Å²) in [6.45, 7) is 0.406. The van der Waals surface area contributed by atoms with Crippen molar-refractivity contribution in [3.63, 3.8) is 0 Å². The number of hydrogen-bond acceptors (Lipinski definition) is 4. The average molecular weight is 360 g/mol. The predicted molar refractivity (Wildman–Crippen MR) is 74.1 cm³/mol. The Morgan fingerprint density at radius 1 is 1.53 bits per heavy atom. The van der Waals surface area contributed by atoms with Gasteiger partial charge in [0.1, 0.15) is 10.8 Å². The van der Waals surface area contributed by atoms with Gasteiger partial charge in [-0.3, -0.25) is 4.79 Å². The first-order valence-corrected chi connectivity index (χ1v) is 6.78. The van der Waals surface area contributed by atoms with Crippen molar-refractivity contribution in [1.29, 1.82) is 0 Å². The minimum Gasteiger partial charge on any atom is -0.507 e. The number of halogens is 1. The van der Waals surface area contributed by atoms with Crippen LogP contribution in [0.1, 0.15) is 15.4 Å². The summed E-state index contributed by atoms with van der Waals surface area (Å²) in [5, 5.41) is 15.0. The highest BCUT2D eigenvalue weighted by Crippen LogP contribution is 2.20. The molecule has 4 nitrogen and oxygen atoms in total. The SMILES string of the molecule is O=C(NCc1nccs1)c1ccc(I)c(O)c1.